The predicted octanol–water partition coefficient (Wildman–Crippen LogP) is 22.4. The third kappa shape index (κ3) is 62.7. The lowest BCUT2D eigenvalue weighted by molar-refractivity contribution is -0.167. The summed E-state index contributed by atoms with van der Waals surface area (Å²) in [6, 6.07) is 0. The Balaban J connectivity index is 4.26. The highest BCUT2D eigenvalue weighted by molar-refractivity contribution is 5.71. The molecule has 78 heavy (non-hydrogen) atoms. The average molecular weight is 1080 g/mol. The number of hydrogen-bond donors (Lipinski definition) is 0. The normalized spacial score (nSPS) is 12.9. The Kier molecular flexibility index (Phi) is 61.8. The Labute approximate surface area is 482 Å². The van der Waals surface area contributed by atoms with Gasteiger partial charge in [0.15, 0.2) is 6.10 Å². The molecule has 0 aromatic carbocycles. The molecule has 1 atom stereocenters. The third-order valence-corrected chi connectivity index (χ3v) is 13.7. The van der Waals surface area contributed by atoms with Gasteiger partial charge in [0.1, 0.15) is 13.2 Å². The van der Waals surface area contributed by atoms with Gasteiger partial charge in [-0.05, 0) is 135 Å². The van der Waals surface area contributed by atoms with Crippen molar-refractivity contribution < 1.29 is 28.6 Å². The van der Waals surface area contributed by atoms with Gasteiger partial charge in [0.2, 0.25) is 0 Å². The standard InChI is InChI=1S/C72H120O6/c1-4-7-10-13-16-19-22-25-27-28-29-30-31-32-33-34-35-36-37-38-39-40-41-42-43-44-46-47-50-53-56-59-62-65-71(74)77-68-69(67-76-70(73)64-61-58-55-52-49-24-21-18-15-12-9-6-3)78-72(75)66-63-60-57-54-51-48-45-26-23-20-17-14-11-8-5-2/h7,10,16,18-19,21,25-27,29-30,32-33,35-36,38-39,41-42,45,69H,4-6,8-9,11-15,17,20,22-24,28,31,34,37,40,43-44,46-68H2,1-3H3/b10-7-,19-16-,21-18-,27-25-,30-29-,33-32-,36-35-,39-38-,42-41-,45-26-. The van der Waals surface area contributed by atoms with Crippen molar-refractivity contribution in [3.63, 3.8) is 0 Å². The van der Waals surface area contributed by atoms with Gasteiger partial charge in [-0.25, -0.2) is 0 Å². The van der Waals surface area contributed by atoms with E-state index in [0.29, 0.717) is 19.3 Å². The molecule has 0 rings (SSSR count). The van der Waals surface area contributed by atoms with Crippen LogP contribution in [0.15, 0.2) is 122 Å². The van der Waals surface area contributed by atoms with Gasteiger partial charge in [0.05, 0.1) is 0 Å². The van der Waals surface area contributed by atoms with E-state index in [1.165, 1.54) is 122 Å². The fraction of sp³-hybridized carbons (Fsp3) is 0.681. The maximum absolute atomic E-state index is 12.9. The molecule has 0 aromatic heterocycles. The lowest BCUT2D eigenvalue weighted by atomic mass is 10.1. The predicted molar refractivity (Wildman–Crippen MR) is 339 cm³/mol. The van der Waals surface area contributed by atoms with Crippen LogP contribution in [0.1, 0.15) is 297 Å². The summed E-state index contributed by atoms with van der Waals surface area (Å²) in [4.78, 5) is 38.2. The summed E-state index contributed by atoms with van der Waals surface area (Å²) in [5, 5.41) is 0. The Hall–Kier alpha value is -4.19. The van der Waals surface area contributed by atoms with Crippen molar-refractivity contribution in [2.75, 3.05) is 13.2 Å². The summed E-state index contributed by atoms with van der Waals surface area (Å²) in [6.45, 7) is 6.48. The number of carbonyl (C=O) groups excluding carboxylic acids is 3. The van der Waals surface area contributed by atoms with Crippen molar-refractivity contribution in [2.24, 2.45) is 0 Å². The van der Waals surface area contributed by atoms with Crippen molar-refractivity contribution in [1.29, 1.82) is 0 Å². The highest BCUT2D eigenvalue weighted by atomic mass is 16.6. The first kappa shape index (κ1) is 73.8. The molecule has 0 heterocycles. The maximum Gasteiger partial charge on any atom is 0.306 e. The van der Waals surface area contributed by atoms with Gasteiger partial charge in [0, 0.05) is 19.3 Å². The topological polar surface area (TPSA) is 78.9 Å². The van der Waals surface area contributed by atoms with Crippen molar-refractivity contribution in [2.45, 2.75) is 303 Å². The zero-order valence-corrected chi connectivity index (χ0v) is 50.9. The number of ether oxygens (including phenoxy) is 3. The molecule has 0 bridgehead atoms. The smallest absolute Gasteiger partial charge is 0.306 e. The minimum absolute atomic E-state index is 0.0885. The van der Waals surface area contributed by atoms with Crippen LogP contribution in [0.4, 0.5) is 0 Å². The molecule has 444 valence electrons. The van der Waals surface area contributed by atoms with Crippen molar-refractivity contribution in [3.8, 4) is 0 Å². The molecule has 0 aliphatic carbocycles. The number of allylic oxidation sites excluding steroid dienone is 20. The van der Waals surface area contributed by atoms with Crippen LogP contribution < -0.4 is 0 Å². The van der Waals surface area contributed by atoms with E-state index in [4.69, 9.17) is 14.2 Å². The largest absolute Gasteiger partial charge is 0.462 e. The Bertz CT molecular complexity index is 1620. The average Bonchev–Trinajstić information content (AvgIpc) is 3.44. The molecule has 6 heteroatoms. The molecule has 0 fully saturated rings. The van der Waals surface area contributed by atoms with Crippen molar-refractivity contribution in [1.82, 2.24) is 0 Å². The van der Waals surface area contributed by atoms with Gasteiger partial charge in [-0.15, -0.1) is 0 Å². The van der Waals surface area contributed by atoms with Crippen LogP contribution in [0.5, 0.6) is 0 Å². The molecule has 0 amide bonds. The summed E-state index contributed by atoms with van der Waals surface area (Å²) < 4.78 is 16.9. The molecule has 1 unspecified atom stereocenters. The molecular weight excluding hydrogens is 961 g/mol. The summed E-state index contributed by atoms with van der Waals surface area (Å²) in [7, 11) is 0. The van der Waals surface area contributed by atoms with Gasteiger partial charge in [-0.2, -0.15) is 0 Å². The molecule has 0 aliphatic heterocycles. The summed E-state index contributed by atoms with van der Waals surface area (Å²) >= 11 is 0. The van der Waals surface area contributed by atoms with Gasteiger partial charge in [-0.1, -0.05) is 264 Å². The van der Waals surface area contributed by atoms with E-state index in [-0.39, 0.29) is 31.1 Å². The molecule has 0 aliphatic rings. The van der Waals surface area contributed by atoms with Gasteiger partial charge in [0.25, 0.3) is 0 Å². The monoisotopic (exact) mass is 1080 g/mol. The second kappa shape index (κ2) is 65.3. The molecule has 0 radical (unpaired) electrons. The first-order valence-corrected chi connectivity index (χ1v) is 32.5. The fourth-order valence-corrected chi connectivity index (χ4v) is 8.80. The lowest BCUT2D eigenvalue weighted by Crippen LogP contribution is -2.30. The van der Waals surface area contributed by atoms with E-state index in [0.717, 1.165) is 135 Å². The van der Waals surface area contributed by atoms with Crippen molar-refractivity contribution >= 4 is 17.9 Å². The lowest BCUT2D eigenvalue weighted by Gasteiger charge is -2.18. The first-order chi connectivity index (χ1) is 38.5. The van der Waals surface area contributed by atoms with E-state index in [2.05, 4.69) is 142 Å². The van der Waals surface area contributed by atoms with Crippen LogP contribution in [0.2, 0.25) is 0 Å². The highest BCUT2D eigenvalue weighted by Crippen LogP contribution is 2.15. The molecule has 6 nitrogen and oxygen atoms in total. The van der Waals surface area contributed by atoms with Crippen LogP contribution in [0.25, 0.3) is 0 Å². The van der Waals surface area contributed by atoms with Gasteiger partial charge >= 0.3 is 17.9 Å². The SMILES string of the molecule is CC/C=C\C/C=C\C/C=C\C/C=C\C/C=C\C/C=C\C/C=C\C/C=C\CCCCCCCCCCC(=O)OCC(COC(=O)CCCCCCC/C=C\CCCCC)OC(=O)CCCCCCC/C=C\CCCCCCCC. The quantitative estimate of drug-likeness (QED) is 0.0261. The zero-order chi connectivity index (χ0) is 56.4. The minimum atomic E-state index is -0.791. The minimum Gasteiger partial charge on any atom is -0.462 e. The molecule has 0 saturated heterocycles. The van der Waals surface area contributed by atoms with E-state index < -0.39 is 6.10 Å². The molecule has 0 aromatic rings. The summed E-state index contributed by atoms with van der Waals surface area (Å²) in [6.07, 6.45) is 90.7. The van der Waals surface area contributed by atoms with E-state index in [1.807, 2.05) is 0 Å². The van der Waals surface area contributed by atoms with Gasteiger partial charge < -0.3 is 14.2 Å². The second-order valence-electron chi connectivity index (χ2n) is 21.3. The number of unbranched alkanes of at least 4 members (excludes halogenated alkanes) is 27. The van der Waals surface area contributed by atoms with E-state index in [9.17, 15) is 14.4 Å². The summed E-state index contributed by atoms with van der Waals surface area (Å²) in [5.41, 5.74) is 0. The number of esters is 3. The van der Waals surface area contributed by atoms with Gasteiger partial charge in [-0.3, -0.25) is 14.4 Å². The Morgan fingerprint density at radius 1 is 0.269 bits per heavy atom. The number of hydrogen-bond acceptors (Lipinski definition) is 6. The third-order valence-electron chi connectivity index (χ3n) is 13.7. The number of carbonyl (C=O) groups is 3. The number of rotatable bonds is 58. The fourth-order valence-electron chi connectivity index (χ4n) is 8.80. The van der Waals surface area contributed by atoms with E-state index >= 15 is 0 Å². The first-order valence-electron chi connectivity index (χ1n) is 32.5. The zero-order valence-electron chi connectivity index (χ0n) is 50.9. The maximum atomic E-state index is 12.9. The van der Waals surface area contributed by atoms with E-state index in [1.54, 1.807) is 0 Å². The van der Waals surface area contributed by atoms with Crippen LogP contribution >= 0.6 is 0 Å². The molecule has 0 N–H and O–H groups in total. The molecule has 0 saturated carbocycles. The molecular formula is C72H120O6. The highest BCUT2D eigenvalue weighted by Gasteiger charge is 2.19. The van der Waals surface area contributed by atoms with Crippen molar-refractivity contribution in [3.05, 3.63) is 122 Å². The van der Waals surface area contributed by atoms with Crippen LogP contribution in [-0.2, 0) is 28.6 Å². The molecule has 0 spiro atoms. The summed E-state index contributed by atoms with van der Waals surface area (Å²) in [5.74, 6) is -0.910. The van der Waals surface area contributed by atoms with Crippen LogP contribution in [0.3, 0.4) is 0 Å². The van der Waals surface area contributed by atoms with Crippen LogP contribution in [0, 0.1) is 0 Å². The van der Waals surface area contributed by atoms with Crippen LogP contribution in [-0.4, -0.2) is 37.2 Å². The Morgan fingerprint density at radius 3 is 0.821 bits per heavy atom. The second-order valence-corrected chi connectivity index (χ2v) is 21.3. The Morgan fingerprint density at radius 2 is 0.500 bits per heavy atom.